The van der Waals surface area contributed by atoms with Crippen LogP contribution in [0.1, 0.15) is 20.8 Å². The largest absolute Gasteiger partial charge is 0.476 e. The molecule has 0 atom stereocenters. The van der Waals surface area contributed by atoms with Crippen molar-refractivity contribution in [2.45, 2.75) is 25.6 Å². The van der Waals surface area contributed by atoms with Crippen LogP contribution in [0.3, 0.4) is 0 Å². The van der Waals surface area contributed by atoms with Gasteiger partial charge in [-0.15, -0.1) is 17.5 Å². The van der Waals surface area contributed by atoms with Crippen molar-refractivity contribution in [1.29, 1.82) is 0 Å². The van der Waals surface area contributed by atoms with E-state index in [9.17, 15) is 0 Å². The molecule has 0 aliphatic rings. The topological polar surface area (TPSA) is 44.2 Å². The fraction of sp³-hybridized carbons (Fsp3) is 0.500. The summed E-state index contributed by atoms with van der Waals surface area (Å²) < 4.78 is 10.7. The van der Waals surface area contributed by atoms with Gasteiger partial charge in [0.15, 0.2) is 6.61 Å². The number of alkyl halides is 1. The third kappa shape index (κ3) is 5.98. The van der Waals surface area contributed by atoms with Gasteiger partial charge >= 0.3 is 0 Å². The Morgan fingerprint density at radius 3 is 2.53 bits per heavy atom. The van der Waals surface area contributed by atoms with Gasteiger partial charge in [-0.1, -0.05) is 5.92 Å². The number of halogens is 1. The predicted molar refractivity (Wildman–Crippen MR) is 66.4 cm³/mol. The third-order valence-corrected chi connectivity index (χ3v) is 1.76. The number of rotatable bonds is 5. The fourth-order valence-electron chi connectivity index (χ4n) is 0.908. The van der Waals surface area contributed by atoms with Crippen molar-refractivity contribution in [2.24, 2.45) is 0 Å². The third-order valence-electron chi connectivity index (χ3n) is 1.65. The van der Waals surface area contributed by atoms with Gasteiger partial charge in [0, 0.05) is 0 Å². The van der Waals surface area contributed by atoms with E-state index in [-0.39, 0.29) is 0 Å². The number of aromatic nitrogens is 2. The highest BCUT2D eigenvalue weighted by molar-refractivity contribution is 6.23. The van der Waals surface area contributed by atoms with E-state index in [2.05, 4.69) is 21.8 Å². The van der Waals surface area contributed by atoms with Gasteiger partial charge < -0.3 is 9.47 Å². The quantitative estimate of drug-likeness (QED) is 0.597. The van der Waals surface area contributed by atoms with Gasteiger partial charge in [0.05, 0.1) is 10.9 Å². The summed E-state index contributed by atoms with van der Waals surface area (Å²) in [5, 5.41) is 0. The molecule has 1 aromatic rings. The number of ether oxygens (including phenoxy) is 2. The lowest BCUT2D eigenvalue weighted by atomic mass is 10.2. The van der Waals surface area contributed by atoms with Gasteiger partial charge in [-0.05, 0) is 20.8 Å². The van der Waals surface area contributed by atoms with Crippen molar-refractivity contribution >= 4 is 11.6 Å². The van der Waals surface area contributed by atoms with Gasteiger partial charge in [0.1, 0.15) is 12.9 Å². The summed E-state index contributed by atoms with van der Waals surface area (Å²) in [6.45, 7) is 6.14. The molecule has 0 saturated carbocycles. The molecule has 0 fully saturated rings. The van der Waals surface area contributed by atoms with Crippen LogP contribution in [0.4, 0.5) is 0 Å². The van der Waals surface area contributed by atoms with Crippen molar-refractivity contribution in [3.8, 4) is 23.6 Å². The van der Waals surface area contributed by atoms with E-state index in [4.69, 9.17) is 21.1 Å². The Morgan fingerprint density at radius 1 is 1.29 bits per heavy atom. The summed E-state index contributed by atoms with van der Waals surface area (Å²) in [4.78, 5) is 7.47. The Kier molecular flexibility index (Phi) is 5.05. The zero-order valence-corrected chi connectivity index (χ0v) is 10.9. The Morgan fingerprint density at radius 2 is 1.94 bits per heavy atom. The summed E-state index contributed by atoms with van der Waals surface area (Å²) >= 11 is 6.01. The van der Waals surface area contributed by atoms with E-state index in [1.807, 2.05) is 13.8 Å². The van der Waals surface area contributed by atoms with E-state index in [1.54, 1.807) is 13.0 Å². The van der Waals surface area contributed by atoms with Crippen LogP contribution in [0, 0.1) is 11.8 Å². The molecule has 0 N–H and O–H groups in total. The smallest absolute Gasteiger partial charge is 0.221 e. The summed E-state index contributed by atoms with van der Waals surface area (Å²) in [7, 11) is 0. The SMILES string of the molecule is CC#CCOc1cc(OCC(C)(C)Cl)ncn1. The molecule has 0 aliphatic carbocycles. The first-order chi connectivity index (χ1) is 8.01. The summed E-state index contributed by atoms with van der Waals surface area (Å²) in [5.41, 5.74) is 0. The molecular weight excluding hydrogens is 240 g/mol. The lowest BCUT2D eigenvalue weighted by Crippen LogP contribution is -2.21. The molecule has 0 spiro atoms. The minimum atomic E-state index is -0.431. The summed E-state index contributed by atoms with van der Waals surface area (Å²) in [6, 6.07) is 1.61. The van der Waals surface area contributed by atoms with Gasteiger partial charge in [0.25, 0.3) is 0 Å². The zero-order valence-electron chi connectivity index (χ0n) is 10.2. The van der Waals surface area contributed by atoms with Crippen molar-refractivity contribution in [2.75, 3.05) is 13.2 Å². The maximum atomic E-state index is 6.01. The van der Waals surface area contributed by atoms with E-state index in [0.29, 0.717) is 25.0 Å². The minimum absolute atomic E-state index is 0.300. The number of hydrogen-bond donors (Lipinski definition) is 0. The second-order valence-electron chi connectivity index (χ2n) is 3.92. The van der Waals surface area contributed by atoms with Crippen LogP contribution in [0.15, 0.2) is 12.4 Å². The van der Waals surface area contributed by atoms with Gasteiger partial charge in [-0.25, -0.2) is 9.97 Å². The molecule has 0 saturated heterocycles. The van der Waals surface area contributed by atoms with Crippen molar-refractivity contribution in [3.63, 3.8) is 0 Å². The van der Waals surface area contributed by atoms with E-state index < -0.39 is 4.87 Å². The predicted octanol–water partition coefficient (Wildman–Crippen LogP) is 2.27. The first kappa shape index (κ1) is 13.6. The summed E-state index contributed by atoms with van der Waals surface area (Å²) in [5.74, 6) is 6.38. The van der Waals surface area contributed by atoms with Crippen LogP contribution in [0.2, 0.25) is 0 Å². The molecule has 4 nitrogen and oxygen atoms in total. The van der Waals surface area contributed by atoms with Crippen LogP contribution < -0.4 is 9.47 Å². The van der Waals surface area contributed by atoms with Crippen LogP contribution in [-0.4, -0.2) is 28.1 Å². The number of nitrogens with zero attached hydrogens (tertiary/aromatic N) is 2. The highest BCUT2D eigenvalue weighted by Gasteiger charge is 2.14. The van der Waals surface area contributed by atoms with E-state index in [1.165, 1.54) is 6.33 Å². The minimum Gasteiger partial charge on any atom is -0.476 e. The maximum Gasteiger partial charge on any atom is 0.221 e. The van der Waals surface area contributed by atoms with Gasteiger partial charge in [-0.3, -0.25) is 0 Å². The van der Waals surface area contributed by atoms with Crippen LogP contribution in [-0.2, 0) is 0 Å². The molecule has 0 unspecified atom stereocenters. The molecule has 0 aromatic carbocycles. The monoisotopic (exact) mass is 254 g/mol. The summed E-state index contributed by atoms with van der Waals surface area (Å²) in [6.07, 6.45) is 1.38. The van der Waals surface area contributed by atoms with Crippen molar-refractivity contribution in [3.05, 3.63) is 12.4 Å². The lowest BCUT2D eigenvalue weighted by molar-refractivity contribution is 0.269. The molecule has 1 rings (SSSR count). The van der Waals surface area contributed by atoms with Gasteiger partial charge in [0.2, 0.25) is 11.8 Å². The van der Waals surface area contributed by atoms with Crippen LogP contribution >= 0.6 is 11.6 Å². The molecule has 92 valence electrons. The molecule has 0 radical (unpaired) electrons. The fourth-order valence-corrected chi connectivity index (χ4v) is 0.963. The second kappa shape index (κ2) is 6.31. The Bertz CT molecular complexity index is 418. The zero-order chi connectivity index (χ0) is 12.7. The standard InChI is InChI=1S/C12H15ClN2O2/c1-4-5-6-16-10-7-11(15-9-14-10)17-8-12(2,3)13/h7,9H,6,8H2,1-3H3. The molecule has 0 bridgehead atoms. The van der Waals surface area contributed by atoms with E-state index in [0.717, 1.165) is 0 Å². The molecule has 0 amide bonds. The average Bonchev–Trinajstić information content (AvgIpc) is 2.27. The highest BCUT2D eigenvalue weighted by Crippen LogP contribution is 2.17. The maximum absolute atomic E-state index is 6.01. The highest BCUT2D eigenvalue weighted by atomic mass is 35.5. The Labute approximate surface area is 106 Å². The lowest BCUT2D eigenvalue weighted by Gasteiger charge is -2.15. The van der Waals surface area contributed by atoms with Crippen molar-refractivity contribution < 1.29 is 9.47 Å². The molecule has 1 aromatic heterocycles. The van der Waals surface area contributed by atoms with Crippen LogP contribution in [0.25, 0.3) is 0 Å². The Balaban J connectivity index is 2.55. The second-order valence-corrected chi connectivity index (χ2v) is 4.94. The normalized spacial score (nSPS) is 10.4. The molecule has 5 heteroatoms. The van der Waals surface area contributed by atoms with E-state index >= 15 is 0 Å². The first-order valence-corrected chi connectivity index (χ1v) is 5.55. The molecule has 1 heterocycles. The van der Waals surface area contributed by atoms with Crippen molar-refractivity contribution in [1.82, 2.24) is 9.97 Å². The molecule has 0 aliphatic heterocycles. The number of hydrogen-bond acceptors (Lipinski definition) is 4. The first-order valence-electron chi connectivity index (χ1n) is 5.17. The average molecular weight is 255 g/mol. The van der Waals surface area contributed by atoms with Gasteiger partial charge in [-0.2, -0.15) is 0 Å². The molecular formula is C12H15ClN2O2. The Hall–Kier alpha value is -1.47. The molecule has 17 heavy (non-hydrogen) atoms. The van der Waals surface area contributed by atoms with Crippen LogP contribution in [0.5, 0.6) is 11.8 Å².